The quantitative estimate of drug-likeness (QED) is 0.122. The molecule has 250 valence electrons. The van der Waals surface area contributed by atoms with Gasteiger partial charge in [-0.2, -0.15) is 26.3 Å². The summed E-state index contributed by atoms with van der Waals surface area (Å²) in [6.07, 6.45) is -6.24. The lowest BCUT2D eigenvalue weighted by Crippen LogP contribution is -2.45. The summed E-state index contributed by atoms with van der Waals surface area (Å²) in [5.41, 5.74) is -0.847. The van der Waals surface area contributed by atoms with Crippen LogP contribution in [0, 0.1) is 23.4 Å². The van der Waals surface area contributed by atoms with E-state index in [9.17, 15) is 39.5 Å². The third-order valence-corrected chi connectivity index (χ3v) is 8.22. The average molecular weight is 655 g/mol. The molecule has 1 aliphatic heterocycles. The number of benzene rings is 2. The molecule has 1 saturated carbocycles. The number of rotatable bonds is 13. The van der Waals surface area contributed by atoms with Crippen LogP contribution in [-0.4, -0.2) is 24.9 Å². The molecule has 0 radical (unpaired) electrons. The smallest absolute Gasteiger partial charge is 0.429 e. The maximum absolute atomic E-state index is 14.9. The molecule has 0 bridgehead atoms. The van der Waals surface area contributed by atoms with E-state index in [0.717, 1.165) is 37.8 Å². The summed E-state index contributed by atoms with van der Waals surface area (Å²) >= 11 is 0. The zero-order chi connectivity index (χ0) is 32.8. The van der Waals surface area contributed by atoms with E-state index in [1.54, 1.807) is 0 Å². The van der Waals surface area contributed by atoms with Crippen LogP contribution >= 0.6 is 0 Å². The Bertz CT molecular complexity index is 1280. The molecule has 2 atom stereocenters. The van der Waals surface area contributed by atoms with Crippen molar-refractivity contribution < 1.29 is 58.5 Å². The summed E-state index contributed by atoms with van der Waals surface area (Å²) in [6, 6.07) is 3.46. The maximum Gasteiger partial charge on any atom is 0.429 e. The first-order valence-electron chi connectivity index (χ1n) is 15.0. The van der Waals surface area contributed by atoms with E-state index >= 15 is 0 Å². The second-order valence-electron chi connectivity index (χ2n) is 11.5. The average Bonchev–Trinajstić information content (AvgIpc) is 2.97. The van der Waals surface area contributed by atoms with Crippen LogP contribution in [0.15, 0.2) is 42.7 Å². The molecule has 0 N–H and O–H groups in total. The SMILES string of the molecule is CCCCCC1CCC(C(F)(F)OC2CCC(c3ccc(C(F)(F)Oc4cc(F)c(OC=C(F)F)c(F)c4)c(F)c3)CC2)OC1. The number of hydrogen-bond donors (Lipinski definition) is 0. The molecule has 2 aliphatic rings. The molecule has 4 nitrogen and oxygen atoms in total. The molecule has 2 aromatic rings. The second-order valence-corrected chi connectivity index (χ2v) is 11.5. The van der Waals surface area contributed by atoms with E-state index in [-0.39, 0.29) is 56.1 Å². The van der Waals surface area contributed by atoms with Crippen LogP contribution in [0.3, 0.4) is 0 Å². The molecule has 0 amide bonds. The van der Waals surface area contributed by atoms with Gasteiger partial charge in [-0.25, -0.2) is 13.2 Å². The summed E-state index contributed by atoms with van der Waals surface area (Å²) in [5, 5.41) is 0. The van der Waals surface area contributed by atoms with Crippen LogP contribution in [0.25, 0.3) is 0 Å². The maximum atomic E-state index is 14.9. The van der Waals surface area contributed by atoms with Crippen molar-refractivity contribution in [2.45, 2.75) is 101 Å². The fraction of sp³-hybridized carbons (Fsp3) is 0.562. The Balaban J connectivity index is 1.31. The summed E-state index contributed by atoms with van der Waals surface area (Å²) < 4.78 is 146. The van der Waals surface area contributed by atoms with E-state index in [4.69, 9.17) is 9.47 Å². The zero-order valence-corrected chi connectivity index (χ0v) is 24.6. The fourth-order valence-electron chi connectivity index (χ4n) is 5.83. The Morgan fingerprint density at radius 2 is 1.58 bits per heavy atom. The van der Waals surface area contributed by atoms with E-state index in [2.05, 4.69) is 16.4 Å². The van der Waals surface area contributed by atoms with Crippen molar-refractivity contribution in [2.75, 3.05) is 6.61 Å². The summed E-state index contributed by atoms with van der Waals surface area (Å²) in [6.45, 7) is 2.38. The van der Waals surface area contributed by atoms with Gasteiger partial charge in [-0.1, -0.05) is 32.3 Å². The number of alkyl halides is 4. The first kappa shape index (κ1) is 34.9. The van der Waals surface area contributed by atoms with E-state index in [0.29, 0.717) is 24.8 Å². The minimum atomic E-state index is -4.37. The van der Waals surface area contributed by atoms with Crippen LogP contribution < -0.4 is 9.47 Å². The van der Waals surface area contributed by atoms with Gasteiger partial charge in [0, 0.05) is 12.1 Å². The zero-order valence-electron chi connectivity index (χ0n) is 24.6. The number of unbranched alkanes of at least 4 members (excludes halogenated alkanes) is 2. The highest BCUT2D eigenvalue weighted by Crippen LogP contribution is 2.41. The molecule has 4 rings (SSSR count). The number of halogens is 9. The van der Waals surface area contributed by atoms with Gasteiger partial charge in [0.05, 0.1) is 18.3 Å². The highest BCUT2D eigenvalue weighted by atomic mass is 19.3. The highest BCUT2D eigenvalue weighted by Gasteiger charge is 2.46. The van der Waals surface area contributed by atoms with Gasteiger partial charge in [-0.3, -0.25) is 0 Å². The summed E-state index contributed by atoms with van der Waals surface area (Å²) in [7, 11) is 0. The molecule has 2 fully saturated rings. The third kappa shape index (κ3) is 9.31. The van der Waals surface area contributed by atoms with Gasteiger partial charge >= 0.3 is 18.3 Å². The molecular weight excluding hydrogens is 619 g/mol. The van der Waals surface area contributed by atoms with Gasteiger partial charge in [0.2, 0.25) is 0 Å². The van der Waals surface area contributed by atoms with Crippen molar-refractivity contribution in [3.05, 3.63) is 71.3 Å². The molecule has 0 aromatic heterocycles. The standard InChI is InChI=1S/C32H35F9O4/c1-2-3-4-5-19-6-13-28(42-17-19)32(40,41)44-22-10-7-20(8-11-22)21-9-12-24(25(33)14-21)31(38,39)45-23-15-26(34)30(27(35)16-23)43-18-29(36)37/h9,12,14-16,18-20,22,28H,2-8,10-11,13,17H2,1H3. The predicted octanol–water partition coefficient (Wildman–Crippen LogP) is 10.4. The first-order chi connectivity index (χ1) is 21.3. The number of ether oxygens (including phenoxy) is 4. The molecule has 2 unspecified atom stereocenters. The van der Waals surface area contributed by atoms with Crippen molar-refractivity contribution in [2.24, 2.45) is 5.92 Å². The monoisotopic (exact) mass is 654 g/mol. The topological polar surface area (TPSA) is 36.9 Å². The van der Waals surface area contributed by atoms with Crippen LogP contribution in [0.5, 0.6) is 11.5 Å². The Kier molecular flexibility index (Phi) is 11.7. The van der Waals surface area contributed by atoms with E-state index in [1.165, 1.54) is 6.07 Å². The lowest BCUT2D eigenvalue weighted by atomic mass is 9.82. The predicted molar refractivity (Wildman–Crippen MR) is 146 cm³/mol. The van der Waals surface area contributed by atoms with Crippen molar-refractivity contribution in [3.8, 4) is 11.5 Å². The van der Waals surface area contributed by atoms with Gasteiger partial charge in [0.1, 0.15) is 17.7 Å². The molecule has 1 heterocycles. The molecule has 0 spiro atoms. The number of hydrogen-bond acceptors (Lipinski definition) is 4. The van der Waals surface area contributed by atoms with Crippen molar-refractivity contribution >= 4 is 0 Å². The van der Waals surface area contributed by atoms with Gasteiger partial charge < -0.3 is 18.9 Å². The highest BCUT2D eigenvalue weighted by molar-refractivity contribution is 5.36. The van der Waals surface area contributed by atoms with Crippen LogP contribution in [-0.2, 0) is 15.6 Å². The molecule has 2 aromatic carbocycles. The summed E-state index contributed by atoms with van der Waals surface area (Å²) in [5.74, 6) is -6.91. The summed E-state index contributed by atoms with van der Waals surface area (Å²) in [4.78, 5) is 0. The van der Waals surface area contributed by atoms with Crippen molar-refractivity contribution in [1.82, 2.24) is 0 Å². The minimum absolute atomic E-state index is 0.210. The molecule has 1 aliphatic carbocycles. The lowest BCUT2D eigenvalue weighted by molar-refractivity contribution is -0.326. The molecule has 13 heteroatoms. The molecule has 45 heavy (non-hydrogen) atoms. The lowest BCUT2D eigenvalue weighted by Gasteiger charge is -2.37. The Morgan fingerprint density at radius 3 is 2.16 bits per heavy atom. The minimum Gasteiger partial charge on any atom is -0.453 e. The van der Waals surface area contributed by atoms with Crippen LogP contribution in [0.4, 0.5) is 39.5 Å². The first-order valence-corrected chi connectivity index (χ1v) is 15.0. The Morgan fingerprint density at radius 1 is 0.889 bits per heavy atom. The normalized spacial score (nSPS) is 22.6. The van der Waals surface area contributed by atoms with Gasteiger partial charge in [-0.05, 0) is 74.5 Å². The second kappa shape index (κ2) is 15.1. The van der Waals surface area contributed by atoms with Crippen LogP contribution in [0.1, 0.15) is 88.2 Å². The largest absolute Gasteiger partial charge is 0.453 e. The van der Waals surface area contributed by atoms with E-state index < -0.39 is 65.0 Å². The third-order valence-electron chi connectivity index (χ3n) is 8.22. The molecular formula is C32H35F9O4. The van der Waals surface area contributed by atoms with E-state index in [1.807, 2.05) is 0 Å². The van der Waals surface area contributed by atoms with Gasteiger partial charge in [0.15, 0.2) is 23.6 Å². The van der Waals surface area contributed by atoms with Crippen molar-refractivity contribution in [1.29, 1.82) is 0 Å². The van der Waals surface area contributed by atoms with Gasteiger partial charge in [0.25, 0.3) is 0 Å². The van der Waals surface area contributed by atoms with Crippen molar-refractivity contribution in [3.63, 3.8) is 0 Å². The van der Waals surface area contributed by atoms with Crippen LogP contribution in [0.2, 0.25) is 0 Å². The Labute approximate surface area is 255 Å². The Hall–Kier alpha value is -2.93. The van der Waals surface area contributed by atoms with Gasteiger partial charge in [-0.15, -0.1) is 0 Å². The molecule has 1 saturated heterocycles. The fourth-order valence-corrected chi connectivity index (χ4v) is 5.83.